The van der Waals surface area contributed by atoms with Crippen molar-refractivity contribution in [2.24, 2.45) is 0 Å². The van der Waals surface area contributed by atoms with E-state index in [0.717, 1.165) is 40.2 Å². The lowest BCUT2D eigenvalue weighted by molar-refractivity contribution is 0.112. The van der Waals surface area contributed by atoms with Crippen LogP contribution in [0.5, 0.6) is 0 Å². The van der Waals surface area contributed by atoms with Gasteiger partial charge in [-0.25, -0.2) is 9.97 Å². The number of aromatic nitrogens is 3. The second-order valence-electron chi connectivity index (χ2n) is 7.11. The summed E-state index contributed by atoms with van der Waals surface area (Å²) in [6.07, 6.45) is 2.86. The molecule has 28 heavy (non-hydrogen) atoms. The molecule has 0 radical (unpaired) electrons. The van der Waals surface area contributed by atoms with E-state index in [1.807, 2.05) is 60.0 Å². The van der Waals surface area contributed by atoms with Crippen LogP contribution in [0.15, 0.2) is 60.8 Å². The van der Waals surface area contributed by atoms with Crippen LogP contribution >= 0.6 is 0 Å². The van der Waals surface area contributed by atoms with Crippen LogP contribution in [0.3, 0.4) is 0 Å². The summed E-state index contributed by atoms with van der Waals surface area (Å²) in [7, 11) is 0. The predicted molar refractivity (Wildman–Crippen MR) is 113 cm³/mol. The minimum absolute atomic E-state index is 0.213. The molecule has 0 amide bonds. The van der Waals surface area contributed by atoms with Crippen LogP contribution in [0.2, 0.25) is 0 Å². The van der Waals surface area contributed by atoms with E-state index >= 15 is 0 Å². The van der Waals surface area contributed by atoms with Gasteiger partial charge in [0.2, 0.25) is 5.78 Å². The quantitative estimate of drug-likeness (QED) is 0.502. The Balaban J connectivity index is 2.15. The number of hydrogen-bond donors (Lipinski definition) is 1. The maximum Gasteiger partial charge on any atom is 0.236 e. The fourth-order valence-electron chi connectivity index (χ4n) is 3.42. The maximum atomic E-state index is 11.7. The van der Waals surface area contributed by atoms with Gasteiger partial charge in [0.15, 0.2) is 6.29 Å². The van der Waals surface area contributed by atoms with Gasteiger partial charge in [-0.15, -0.1) is 0 Å². The summed E-state index contributed by atoms with van der Waals surface area (Å²) in [6.45, 7) is 6.16. The average molecular weight is 370 g/mol. The van der Waals surface area contributed by atoms with Crippen molar-refractivity contribution in [3.8, 4) is 22.4 Å². The number of hydrogen-bond acceptors (Lipinski definition) is 4. The number of anilines is 1. The van der Waals surface area contributed by atoms with Gasteiger partial charge >= 0.3 is 0 Å². The second-order valence-corrected chi connectivity index (χ2v) is 7.11. The molecule has 4 rings (SSSR count). The minimum atomic E-state index is 0.213. The molecule has 0 saturated heterocycles. The highest BCUT2D eigenvalue weighted by atomic mass is 16.1. The second kappa shape index (κ2) is 7.27. The Labute approximate surface area is 164 Å². The molecule has 0 atom stereocenters. The molecule has 0 aliphatic heterocycles. The van der Waals surface area contributed by atoms with E-state index in [1.54, 1.807) is 0 Å². The highest BCUT2D eigenvalue weighted by molar-refractivity contribution is 5.95. The maximum absolute atomic E-state index is 11.7. The van der Waals surface area contributed by atoms with Crippen molar-refractivity contribution in [3.05, 3.63) is 72.1 Å². The molecule has 0 spiro atoms. The van der Waals surface area contributed by atoms with Crippen molar-refractivity contribution in [2.75, 3.05) is 5.32 Å². The Morgan fingerprint density at radius 1 is 1.00 bits per heavy atom. The topological polar surface area (TPSA) is 59.3 Å². The number of benzene rings is 2. The number of imidazole rings is 1. The van der Waals surface area contributed by atoms with Gasteiger partial charge in [-0.2, -0.15) is 0 Å². The zero-order chi connectivity index (χ0) is 19.7. The highest BCUT2D eigenvalue weighted by Gasteiger charge is 2.21. The zero-order valence-electron chi connectivity index (χ0n) is 16.2. The third kappa shape index (κ3) is 3.16. The molecule has 1 N–H and O–H groups in total. The molecular formula is C23H22N4O. The van der Waals surface area contributed by atoms with Crippen LogP contribution in [-0.4, -0.2) is 26.7 Å². The van der Waals surface area contributed by atoms with Crippen molar-refractivity contribution in [2.45, 2.75) is 26.8 Å². The fourth-order valence-corrected chi connectivity index (χ4v) is 3.42. The first-order valence-corrected chi connectivity index (χ1v) is 9.34. The first kappa shape index (κ1) is 17.9. The van der Waals surface area contributed by atoms with Gasteiger partial charge in [-0.1, -0.05) is 54.6 Å². The molecule has 0 aliphatic rings. The Hall–Kier alpha value is -3.47. The molecule has 0 aliphatic carbocycles. The molecule has 2 aromatic heterocycles. The summed E-state index contributed by atoms with van der Waals surface area (Å²) in [5.74, 6) is 1.53. The van der Waals surface area contributed by atoms with Gasteiger partial charge in [-0.3, -0.25) is 9.20 Å². The Morgan fingerprint density at radius 3 is 2.43 bits per heavy atom. The number of nitrogens with one attached hydrogen (secondary N) is 1. The first-order valence-electron chi connectivity index (χ1n) is 9.34. The minimum Gasteiger partial charge on any atom is -0.368 e. The third-order valence-electron chi connectivity index (χ3n) is 4.56. The molecule has 140 valence electrons. The lowest BCUT2D eigenvalue weighted by Gasteiger charge is -2.20. The Bertz CT molecular complexity index is 1150. The van der Waals surface area contributed by atoms with Crippen LogP contribution in [0, 0.1) is 6.92 Å². The Kier molecular flexibility index (Phi) is 4.65. The van der Waals surface area contributed by atoms with E-state index in [2.05, 4.69) is 36.3 Å². The summed E-state index contributed by atoms with van der Waals surface area (Å²) in [4.78, 5) is 21.2. The predicted octanol–water partition coefficient (Wildman–Crippen LogP) is 5.00. The van der Waals surface area contributed by atoms with Crippen molar-refractivity contribution < 1.29 is 4.79 Å². The largest absolute Gasteiger partial charge is 0.368 e. The monoisotopic (exact) mass is 370 g/mol. The normalized spacial score (nSPS) is 11.1. The summed E-state index contributed by atoms with van der Waals surface area (Å²) >= 11 is 0. The smallest absolute Gasteiger partial charge is 0.236 e. The number of nitrogens with zero attached hydrogens (tertiary/aromatic N) is 3. The van der Waals surface area contributed by atoms with Gasteiger partial charge in [0, 0.05) is 28.9 Å². The van der Waals surface area contributed by atoms with Gasteiger partial charge < -0.3 is 5.32 Å². The fraction of sp³-hybridized carbons (Fsp3) is 0.174. The van der Waals surface area contributed by atoms with Crippen LogP contribution in [0.25, 0.3) is 28.2 Å². The van der Waals surface area contributed by atoms with Crippen LogP contribution in [0.1, 0.15) is 29.9 Å². The number of carbonyl (C=O) groups excluding carboxylic acids is 1. The van der Waals surface area contributed by atoms with Crippen LogP contribution in [0.4, 0.5) is 5.82 Å². The van der Waals surface area contributed by atoms with E-state index in [4.69, 9.17) is 4.98 Å². The average Bonchev–Trinajstić information content (AvgIpc) is 3.08. The molecule has 5 nitrogen and oxygen atoms in total. The van der Waals surface area contributed by atoms with Gasteiger partial charge in [0.05, 0.1) is 11.4 Å². The molecular weight excluding hydrogens is 348 g/mol. The van der Waals surface area contributed by atoms with Crippen molar-refractivity contribution >= 4 is 17.9 Å². The number of aryl methyl sites for hydroxylation is 1. The Morgan fingerprint density at radius 2 is 1.71 bits per heavy atom. The molecule has 0 saturated carbocycles. The summed E-state index contributed by atoms with van der Waals surface area (Å²) in [5.41, 5.74) is 5.02. The van der Waals surface area contributed by atoms with Crippen LogP contribution in [-0.2, 0) is 0 Å². The van der Waals surface area contributed by atoms with Crippen molar-refractivity contribution in [1.82, 2.24) is 14.4 Å². The lowest BCUT2D eigenvalue weighted by Crippen LogP contribution is -2.15. The molecule has 0 fully saturated rings. The molecule has 0 bridgehead atoms. The summed E-state index contributed by atoms with van der Waals surface area (Å²) in [6, 6.07) is 17.9. The molecule has 2 heterocycles. The highest BCUT2D eigenvalue weighted by Crippen LogP contribution is 2.38. The van der Waals surface area contributed by atoms with Gasteiger partial charge in [0.25, 0.3) is 0 Å². The number of fused-ring (bicyclic) bond motifs is 1. The van der Waals surface area contributed by atoms with E-state index in [-0.39, 0.29) is 6.04 Å². The number of aldehydes is 1. The SMILES string of the molecule is Cc1cn2c(NC(C)C)c(-c3ccccc3)c(-c3ccccc3C=O)nc2n1. The van der Waals surface area contributed by atoms with E-state index in [0.29, 0.717) is 11.3 Å². The molecule has 2 aromatic carbocycles. The summed E-state index contributed by atoms with van der Waals surface area (Å²) < 4.78 is 1.99. The standard InChI is InChI=1S/C23H22N4O/c1-15(2)24-22-20(17-9-5-4-6-10-17)21(19-12-8-7-11-18(19)14-28)26-23-25-16(3)13-27(22)23/h4-15,24H,1-3H3. The van der Waals surface area contributed by atoms with Crippen molar-refractivity contribution in [3.63, 3.8) is 0 Å². The van der Waals surface area contributed by atoms with Gasteiger partial charge in [0.1, 0.15) is 5.82 Å². The third-order valence-corrected chi connectivity index (χ3v) is 4.56. The van der Waals surface area contributed by atoms with E-state index < -0.39 is 0 Å². The number of rotatable bonds is 5. The van der Waals surface area contributed by atoms with Gasteiger partial charge in [-0.05, 0) is 26.3 Å². The molecule has 4 aromatic rings. The molecule has 5 heteroatoms. The van der Waals surface area contributed by atoms with E-state index in [9.17, 15) is 4.79 Å². The van der Waals surface area contributed by atoms with E-state index in [1.165, 1.54) is 0 Å². The summed E-state index contributed by atoms with van der Waals surface area (Å²) in [5, 5.41) is 3.57. The lowest BCUT2D eigenvalue weighted by atomic mass is 9.96. The van der Waals surface area contributed by atoms with Crippen LogP contribution < -0.4 is 5.32 Å². The zero-order valence-corrected chi connectivity index (χ0v) is 16.2. The van der Waals surface area contributed by atoms with Crippen molar-refractivity contribution in [1.29, 1.82) is 0 Å². The molecule has 0 unspecified atom stereocenters. The first-order chi connectivity index (χ1) is 13.6. The number of carbonyl (C=O) groups is 1.